The Balaban J connectivity index is 1.50. The van der Waals surface area contributed by atoms with Crippen molar-refractivity contribution >= 4 is 34.4 Å². The van der Waals surface area contributed by atoms with Crippen LogP contribution in [0.15, 0.2) is 48.2 Å². The molecule has 0 fully saturated rings. The van der Waals surface area contributed by atoms with Crippen molar-refractivity contribution in [3.8, 4) is 6.07 Å². The zero-order valence-electron chi connectivity index (χ0n) is 17.8. The number of rotatable bonds is 7. The second-order valence-corrected chi connectivity index (χ2v) is 7.49. The third kappa shape index (κ3) is 4.06. The molecule has 0 aliphatic carbocycles. The number of carbonyl (C=O) groups excluding carboxylic acids is 3. The Bertz CT molecular complexity index is 1320. The van der Waals surface area contributed by atoms with E-state index in [1.165, 1.54) is 23.1 Å². The van der Waals surface area contributed by atoms with Crippen LogP contribution in [0.2, 0.25) is 0 Å². The van der Waals surface area contributed by atoms with Crippen molar-refractivity contribution in [2.75, 3.05) is 13.2 Å². The van der Waals surface area contributed by atoms with Crippen LogP contribution in [0.3, 0.4) is 0 Å². The van der Waals surface area contributed by atoms with Crippen molar-refractivity contribution in [1.29, 1.82) is 5.26 Å². The van der Waals surface area contributed by atoms with E-state index in [9.17, 15) is 24.8 Å². The first-order valence-corrected chi connectivity index (χ1v) is 10.4. The molecule has 0 saturated heterocycles. The molecule has 0 saturated carbocycles. The summed E-state index contributed by atoms with van der Waals surface area (Å²) in [5, 5.41) is 19.8. The number of imide groups is 1. The van der Waals surface area contributed by atoms with E-state index in [1.807, 2.05) is 13.0 Å². The summed E-state index contributed by atoms with van der Waals surface area (Å²) in [4.78, 5) is 45.9. The smallest absolute Gasteiger partial charge is 0.338 e. The molecule has 1 aromatic heterocycles. The minimum absolute atomic E-state index is 0.0577. The SMILES string of the molecule is CCCCN1C(=O)c2ccc(C(=O)OCC(O)=C(C#N)c3nc4ccccc4[nH]3)cc2C1=O. The zero-order chi connectivity index (χ0) is 23.5. The molecule has 1 aliphatic rings. The highest BCUT2D eigenvalue weighted by atomic mass is 16.5. The van der Waals surface area contributed by atoms with E-state index in [2.05, 4.69) is 9.97 Å². The number of para-hydroxylation sites is 2. The fourth-order valence-corrected chi connectivity index (χ4v) is 3.55. The number of esters is 1. The van der Waals surface area contributed by atoms with Gasteiger partial charge in [-0.3, -0.25) is 14.5 Å². The van der Waals surface area contributed by atoms with Gasteiger partial charge in [0.25, 0.3) is 11.8 Å². The van der Waals surface area contributed by atoms with E-state index in [0.717, 1.165) is 6.42 Å². The Kier molecular flexibility index (Phi) is 5.91. The molecule has 2 N–H and O–H groups in total. The number of nitrogens with zero attached hydrogens (tertiary/aromatic N) is 3. The van der Waals surface area contributed by atoms with Crippen molar-refractivity contribution in [3.63, 3.8) is 0 Å². The Hall–Kier alpha value is -4.45. The number of aromatic amines is 1. The molecule has 9 heteroatoms. The zero-order valence-corrected chi connectivity index (χ0v) is 17.8. The summed E-state index contributed by atoms with van der Waals surface area (Å²) >= 11 is 0. The quantitative estimate of drug-likeness (QED) is 0.246. The van der Waals surface area contributed by atoms with Gasteiger partial charge in [0.05, 0.1) is 27.7 Å². The first kappa shape index (κ1) is 21.8. The summed E-state index contributed by atoms with van der Waals surface area (Å²) in [5.74, 6) is -1.95. The van der Waals surface area contributed by atoms with Gasteiger partial charge in [-0.1, -0.05) is 25.5 Å². The first-order valence-electron chi connectivity index (χ1n) is 10.4. The number of aliphatic hydroxyl groups excluding tert-OH is 1. The van der Waals surface area contributed by atoms with Crippen LogP contribution in [0.5, 0.6) is 0 Å². The van der Waals surface area contributed by atoms with Crippen molar-refractivity contribution in [3.05, 3.63) is 70.7 Å². The number of imidazole rings is 1. The Morgan fingerprint density at radius 1 is 1.18 bits per heavy atom. The third-order valence-corrected chi connectivity index (χ3v) is 5.31. The number of carbonyl (C=O) groups is 3. The van der Waals surface area contributed by atoms with E-state index in [1.54, 1.807) is 24.3 Å². The second-order valence-electron chi connectivity index (χ2n) is 7.49. The maximum absolute atomic E-state index is 12.6. The summed E-state index contributed by atoms with van der Waals surface area (Å²) in [6.45, 7) is 1.72. The molecule has 166 valence electrons. The monoisotopic (exact) mass is 444 g/mol. The van der Waals surface area contributed by atoms with Crippen molar-refractivity contribution in [2.24, 2.45) is 0 Å². The van der Waals surface area contributed by atoms with E-state index in [4.69, 9.17) is 4.74 Å². The van der Waals surface area contributed by atoms with Crippen LogP contribution in [0.4, 0.5) is 0 Å². The molecule has 1 aliphatic heterocycles. The lowest BCUT2D eigenvalue weighted by Crippen LogP contribution is -2.30. The molecule has 3 aromatic rings. The summed E-state index contributed by atoms with van der Waals surface area (Å²) in [6, 6.07) is 13.1. The minimum atomic E-state index is -0.807. The predicted molar refractivity (Wildman–Crippen MR) is 118 cm³/mol. The molecule has 0 spiro atoms. The summed E-state index contributed by atoms with van der Waals surface area (Å²) in [7, 11) is 0. The molecule has 33 heavy (non-hydrogen) atoms. The van der Waals surface area contributed by atoms with Gasteiger partial charge in [0.2, 0.25) is 0 Å². The van der Waals surface area contributed by atoms with Gasteiger partial charge in [-0.05, 0) is 36.8 Å². The van der Waals surface area contributed by atoms with Gasteiger partial charge in [-0.15, -0.1) is 0 Å². The third-order valence-electron chi connectivity index (χ3n) is 5.31. The Morgan fingerprint density at radius 2 is 1.94 bits per heavy atom. The van der Waals surface area contributed by atoms with Crippen LogP contribution >= 0.6 is 0 Å². The molecule has 0 radical (unpaired) electrons. The number of amides is 2. The molecule has 4 rings (SSSR count). The van der Waals surface area contributed by atoms with E-state index < -0.39 is 24.2 Å². The highest BCUT2D eigenvalue weighted by Crippen LogP contribution is 2.25. The van der Waals surface area contributed by atoms with Crippen LogP contribution in [-0.2, 0) is 4.74 Å². The minimum Gasteiger partial charge on any atom is -0.507 e. The van der Waals surface area contributed by atoms with E-state index in [-0.39, 0.29) is 34.0 Å². The summed E-state index contributed by atoms with van der Waals surface area (Å²) in [6.07, 6.45) is 1.53. The van der Waals surface area contributed by atoms with Gasteiger partial charge in [0, 0.05) is 6.54 Å². The summed E-state index contributed by atoms with van der Waals surface area (Å²) < 4.78 is 5.13. The molecule has 2 aromatic carbocycles. The van der Waals surface area contributed by atoms with Crippen molar-refractivity contribution in [2.45, 2.75) is 19.8 Å². The first-order chi connectivity index (χ1) is 15.9. The number of ether oxygens (including phenoxy) is 1. The molecule has 9 nitrogen and oxygen atoms in total. The molecule has 0 atom stereocenters. The van der Waals surface area contributed by atoms with Gasteiger partial charge >= 0.3 is 5.97 Å². The van der Waals surface area contributed by atoms with Crippen LogP contribution in [0.1, 0.15) is 56.7 Å². The van der Waals surface area contributed by atoms with Crippen LogP contribution in [0, 0.1) is 11.3 Å². The number of H-pyrrole nitrogens is 1. The van der Waals surface area contributed by atoms with Gasteiger partial charge in [0.1, 0.15) is 18.2 Å². The number of benzene rings is 2. The van der Waals surface area contributed by atoms with Gasteiger partial charge in [-0.25, -0.2) is 9.78 Å². The fraction of sp³-hybridized carbons (Fsp3) is 0.208. The maximum atomic E-state index is 12.6. The molecule has 2 amide bonds. The average Bonchev–Trinajstić information content (AvgIpc) is 3.35. The molecular weight excluding hydrogens is 424 g/mol. The highest BCUT2D eigenvalue weighted by molar-refractivity contribution is 6.21. The number of nitrogens with one attached hydrogen (secondary N) is 1. The summed E-state index contributed by atoms with van der Waals surface area (Å²) in [5.41, 5.74) is 1.60. The number of fused-ring (bicyclic) bond motifs is 2. The standard InChI is InChI=1S/C24H20N4O5/c1-2-3-10-28-22(30)15-9-8-14(11-16(15)23(28)31)24(32)33-13-20(29)17(12-25)21-26-18-6-4-5-7-19(18)27-21/h4-9,11,29H,2-3,10,13H2,1H3,(H,26,27). The van der Waals surface area contributed by atoms with Crippen molar-refractivity contribution < 1.29 is 24.2 Å². The number of aromatic nitrogens is 2. The second kappa shape index (κ2) is 8.96. The molecule has 2 heterocycles. The van der Waals surface area contributed by atoms with Gasteiger partial charge < -0.3 is 14.8 Å². The normalized spacial score (nSPS) is 13.6. The lowest BCUT2D eigenvalue weighted by atomic mass is 10.1. The number of allylic oxidation sites excluding steroid dienone is 1. The lowest BCUT2D eigenvalue weighted by Gasteiger charge is -2.12. The molecule has 0 bridgehead atoms. The lowest BCUT2D eigenvalue weighted by molar-refractivity contribution is 0.0502. The number of nitriles is 1. The predicted octanol–water partition coefficient (Wildman–Crippen LogP) is 3.61. The van der Waals surface area contributed by atoms with Crippen LogP contribution in [-0.4, -0.2) is 50.9 Å². The van der Waals surface area contributed by atoms with E-state index in [0.29, 0.717) is 24.0 Å². The topological polar surface area (TPSA) is 136 Å². The van der Waals surface area contributed by atoms with Crippen LogP contribution in [0.25, 0.3) is 16.6 Å². The number of hydrogen-bond acceptors (Lipinski definition) is 7. The van der Waals surface area contributed by atoms with E-state index >= 15 is 0 Å². The van der Waals surface area contributed by atoms with Crippen molar-refractivity contribution in [1.82, 2.24) is 14.9 Å². The van der Waals surface area contributed by atoms with Gasteiger partial charge in [-0.2, -0.15) is 5.26 Å². The fourth-order valence-electron chi connectivity index (χ4n) is 3.55. The Labute approximate surface area is 188 Å². The number of unbranched alkanes of at least 4 members (excludes halogenated alkanes) is 1. The number of hydrogen-bond donors (Lipinski definition) is 2. The average molecular weight is 444 g/mol. The maximum Gasteiger partial charge on any atom is 0.338 e. The Morgan fingerprint density at radius 3 is 2.67 bits per heavy atom. The molecular formula is C24H20N4O5. The van der Waals surface area contributed by atoms with Gasteiger partial charge in [0.15, 0.2) is 11.6 Å². The molecule has 0 unspecified atom stereocenters. The largest absolute Gasteiger partial charge is 0.507 e. The highest BCUT2D eigenvalue weighted by Gasteiger charge is 2.35. The number of aliphatic hydroxyl groups is 1. The van der Waals surface area contributed by atoms with Crippen LogP contribution < -0.4 is 0 Å².